The fourth-order valence-electron chi connectivity index (χ4n) is 2.51. The number of carbonyl (C=O) groups excluding carboxylic acids is 2. The molecule has 0 saturated carbocycles. The molecule has 1 atom stereocenters. The quantitative estimate of drug-likeness (QED) is 0.266. The predicted molar refractivity (Wildman–Crippen MR) is 100 cm³/mol. The third kappa shape index (κ3) is 14.4. The average Bonchev–Trinajstić information content (AvgIpc) is 2.61. The van der Waals surface area contributed by atoms with Crippen LogP contribution in [-0.4, -0.2) is 31.3 Å². The molecule has 5 heteroatoms. The van der Waals surface area contributed by atoms with Crippen LogP contribution in [0.1, 0.15) is 84.5 Å². The summed E-state index contributed by atoms with van der Waals surface area (Å²) in [7, 11) is 0. The van der Waals surface area contributed by atoms with Crippen LogP contribution in [0.4, 0.5) is 4.79 Å². The molecule has 1 unspecified atom stereocenters. The summed E-state index contributed by atoms with van der Waals surface area (Å²) in [6.45, 7) is 4.45. The Kier molecular flexibility index (Phi) is 16.0. The highest BCUT2D eigenvalue weighted by Gasteiger charge is 2.21. The predicted octanol–water partition coefficient (Wildman–Crippen LogP) is 4.59. The van der Waals surface area contributed by atoms with Crippen LogP contribution < -0.4 is 5.32 Å². The molecule has 0 aliphatic carbocycles. The normalized spacial score (nSPS) is 11.4. The molecule has 0 aromatic carbocycles. The van der Waals surface area contributed by atoms with Crippen LogP contribution in [0, 0.1) is 12.3 Å². The van der Waals surface area contributed by atoms with Crippen molar-refractivity contribution in [1.29, 1.82) is 0 Å². The summed E-state index contributed by atoms with van der Waals surface area (Å²) >= 11 is 0. The zero-order chi connectivity index (χ0) is 18.8. The zero-order valence-corrected chi connectivity index (χ0v) is 16.0. The van der Waals surface area contributed by atoms with Gasteiger partial charge in [-0.1, -0.05) is 77.6 Å². The number of esters is 1. The molecule has 0 radical (unpaired) electrons. The molecule has 25 heavy (non-hydrogen) atoms. The van der Waals surface area contributed by atoms with Crippen molar-refractivity contribution < 1.29 is 19.1 Å². The number of carbonyl (C=O) groups is 2. The first-order chi connectivity index (χ1) is 12.2. The van der Waals surface area contributed by atoms with Gasteiger partial charge < -0.3 is 14.8 Å². The second-order valence-electron chi connectivity index (χ2n) is 6.26. The number of alkyl carbamates (subject to hydrolysis) is 1. The highest BCUT2D eigenvalue weighted by atomic mass is 16.6. The van der Waals surface area contributed by atoms with Gasteiger partial charge in [-0.15, -0.1) is 6.42 Å². The lowest BCUT2D eigenvalue weighted by molar-refractivity contribution is -0.146. The van der Waals surface area contributed by atoms with Crippen molar-refractivity contribution in [1.82, 2.24) is 5.32 Å². The van der Waals surface area contributed by atoms with Crippen LogP contribution in [0.3, 0.4) is 0 Å². The number of unbranched alkanes of at least 4 members (excludes halogenated alkanes) is 8. The molecular weight excluding hydrogens is 318 g/mol. The molecule has 1 N–H and O–H groups in total. The largest absolute Gasteiger partial charge is 0.464 e. The minimum atomic E-state index is -0.684. The van der Waals surface area contributed by atoms with Crippen molar-refractivity contribution >= 4 is 12.1 Å². The number of hydrogen-bond donors (Lipinski definition) is 1. The maximum absolute atomic E-state index is 12.0. The maximum atomic E-state index is 12.0. The number of hydrogen-bond acceptors (Lipinski definition) is 4. The molecule has 0 spiro atoms. The molecule has 5 nitrogen and oxygen atoms in total. The van der Waals surface area contributed by atoms with Crippen molar-refractivity contribution in [2.75, 3.05) is 13.2 Å². The van der Waals surface area contributed by atoms with E-state index in [2.05, 4.69) is 18.2 Å². The highest BCUT2D eigenvalue weighted by molar-refractivity contribution is 5.81. The third-order valence-electron chi connectivity index (χ3n) is 3.93. The van der Waals surface area contributed by atoms with E-state index in [9.17, 15) is 9.59 Å². The van der Waals surface area contributed by atoms with Gasteiger partial charge in [0.15, 0.2) is 6.61 Å². The molecule has 0 heterocycles. The Morgan fingerprint density at radius 1 is 0.920 bits per heavy atom. The molecule has 144 valence electrons. The summed E-state index contributed by atoms with van der Waals surface area (Å²) in [5.74, 6) is 1.80. The van der Waals surface area contributed by atoms with Crippen molar-refractivity contribution in [3.05, 3.63) is 0 Å². The third-order valence-corrected chi connectivity index (χ3v) is 3.93. The summed E-state index contributed by atoms with van der Waals surface area (Å²) in [5.41, 5.74) is 0. The van der Waals surface area contributed by atoms with Gasteiger partial charge in [0.2, 0.25) is 0 Å². The Morgan fingerprint density at radius 2 is 1.52 bits per heavy atom. The van der Waals surface area contributed by atoms with Gasteiger partial charge in [0.1, 0.15) is 6.04 Å². The summed E-state index contributed by atoms with van der Waals surface area (Å²) in [4.78, 5) is 23.5. The molecule has 0 fully saturated rings. The van der Waals surface area contributed by atoms with Crippen LogP contribution in [-0.2, 0) is 14.3 Å². The molecule has 0 bridgehead atoms. The number of rotatable bonds is 15. The topological polar surface area (TPSA) is 64.6 Å². The molecule has 1 amide bonds. The second kappa shape index (κ2) is 17.1. The molecular formula is C20H35NO4. The summed E-state index contributed by atoms with van der Waals surface area (Å²) in [5, 5.41) is 2.51. The van der Waals surface area contributed by atoms with Gasteiger partial charge in [-0.3, -0.25) is 0 Å². The van der Waals surface area contributed by atoms with Crippen molar-refractivity contribution in [2.24, 2.45) is 0 Å². The highest BCUT2D eigenvalue weighted by Crippen LogP contribution is 2.10. The monoisotopic (exact) mass is 353 g/mol. The van der Waals surface area contributed by atoms with Crippen LogP contribution in [0.15, 0.2) is 0 Å². The van der Waals surface area contributed by atoms with Crippen molar-refractivity contribution in [3.8, 4) is 12.3 Å². The van der Waals surface area contributed by atoms with E-state index in [-0.39, 0.29) is 6.61 Å². The minimum Gasteiger partial charge on any atom is -0.464 e. The van der Waals surface area contributed by atoms with E-state index in [4.69, 9.17) is 15.9 Å². The van der Waals surface area contributed by atoms with E-state index in [0.717, 1.165) is 19.3 Å². The molecule has 0 aromatic rings. The van der Waals surface area contributed by atoms with Gasteiger partial charge in [-0.25, -0.2) is 9.59 Å². The Morgan fingerprint density at radius 3 is 2.08 bits per heavy atom. The summed E-state index contributed by atoms with van der Waals surface area (Å²) in [6, 6.07) is -0.672. The standard InChI is InChI=1S/C20H35NO4/c1-4-7-8-9-10-11-12-13-14-17-24-19(22)18(15-5-2)21-20(23)25-16-6-3/h3,18H,4-5,7-17H2,1-2H3,(H,21,23). The zero-order valence-electron chi connectivity index (χ0n) is 16.0. The number of ether oxygens (including phenoxy) is 2. The smallest absolute Gasteiger partial charge is 0.408 e. The van der Waals surface area contributed by atoms with Gasteiger partial charge in [0, 0.05) is 0 Å². The molecule has 0 aromatic heterocycles. The van der Waals surface area contributed by atoms with Crippen LogP contribution in [0.25, 0.3) is 0 Å². The number of terminal acetylenes is 1. The Balaban J connectivity index is 3.77. The first kappa shape index (κ1) is 23.3. The molecule has 0 rings (SSSR count). The molecule has 0 saturated heterocycles. The van der Waals surface area contributed by atoms with Gasteiger partial charge in [0.25, 0.3) is 0 Å². The van der Waals surface area contributed by atoms with Gasteiger partial charge in [-0.2, -0.15) is 0 Å². The Bertz CT molecular complexity index is 390. The first-order valence-corrected chi connectivity index (χ1v) is 9.69. The second-order valence-corrected chi connectivity index (χ2v) is 6.26. The van der Waals surface area contributed by atoms with E-state index in [0.29, 0.717) is 13.0 Å². The Hall–Kier alpha value is -1.70. The number of amides is 1. The summed E-state index contributed by atoms with van der Waals surface area (Å²) in [6.07, 6.45) is 16.5. The minimum absolute atomic E-state index is 0.113. The van der Waals surface area contributed by atoms with Crippen LogP contribution >= 0.6 is 0 Å². The SMILES string of the molecule is C#CCOC(=O)NC(CCC)C(=O)OCCCCCCCCCCC. The van der Waals surface area contributed by atoms with Gasteiger partial charge in [0.05, 0.1) is 6.61 Å². The van der Waals surface area contributed by atoms with E-state index in [1.54, 1.807) is 0 Å². The fraction of sp³-hybridized carbons (Fsp3) is 0.800. The van der Waals surface area contributed by atoms with Crippen LogP contribution in [0.2, 0.25) is 0 Å². The van der Waals surface area contributed by atoms with Gasteiger partial charge >= 0.3 is 12.1 Å². The molecule has 0 aliphatic heterocycles. The van der Waals surface area contributed by atoms with E-state index >= 15 is 0 Å². The number of nitrogens with one attached hydrogen (secondary N) is 1. The van der Waals surface area contributed by atoms with E-state index in [1.807, 2.05) is 6.92 Å². The lowest BCUT2D eigenvalue weighted by Crippen LogP contribution is -2.42. The molecule has 0 aliphatic rings. The first-order valence-electron chi connectivity index (χ1n) is 9.69. The summed E-state index contributed by atoms with van der Waals surface area (Å²) < 4.78 is 10.0. The lowest BCUT2D eigenvalue weighted by Gasteiger charge is -2.16. The van der Waals surface area contributed by atoms with Crippen molar-refractivity contribution in [2.45, 2.75) is 90.5 Å². The van der Waals surface area contributed by atoms with Gasteiger partial charge in [-0.05, 0) is 12.8 Å². The average molecular weight is 354 g/mol. The van der Waals surface area contributed by atoms with Crippen LogP contribution in [0.5, 0.6) is 0 Å². The Labute approximate surface area is 153 Å². The maximum Gasteiger partial charge on any atom is 0.408 e. The van der Waals surface area contributed by atoms with E-state index < -0.39 is 18.1 Å². The van der Waals surface area contributed by atoms with Crippen molar-refractivity contribution in [3.63, 3.8) is 0 Å². The van der Waals surface area contributed by atoms with E-state index in [1.165, 1.54) is 44.9 Å². The lowest BCUT2D eigenvalue weighted by atomic mass is 10.1. The fourth-order valence-corrected chi connectivity index (χ4v) is 2.51.